The third-order valence-electron chi connectivity index (χ3n) is 10.1. The van der Waals surface area contributed by atoms with Gasteiger partial charge in [0.15, 0.2) is 29.1 Å². The molecular weight excluding hydrogens is 841 g/mol. The Bertz CT molecular complexity index is 2390. The molecule has 0 bridgehead atoms. The van der Waals surface area contributed by atoms with Gasteiger partial charge in [0.2, 0.25) is 11.5 Å². The molecule has 0 aromatic heterocycles. The van der Waals surface area contributed by atoms with Crippen LogP contribution in [0.2, 0.25) is 0 Å². The Morgan fingerprint density at radius 1 is 0.531 bits per heavy atom. The number of rotatable bonds is 19. The number of aromatic hydroxyl groups is 4. The van der Waals surface area contributed by atoms with Crippen molar-refractivity contribution in [3.8, 4) is 34.5 Å². The van der Waals surface area contributed by atoms with Crippen LogP contribution in [0.5, 0.6) is 34.5 Å². The van der Waals surface area contributed by atoms with Gasteiger partial charge in [-0.15, -0.1) is 11.8 Å². The molecule has 0 aliphatic carbocycles. The Morgan fingerprint density at radius 3 is 1.34 bits per heavy atom. The SMILES string of the molecule is CCS[C@@H]1O[C@H](COC(=O)c2cc(O)c(OCc3ccccc3)c(O)c2)[C@@H](OC(=O)c2cc(O)c(OCc3ccccc3)c(O)c2)[C@H](OCc2ccccc2)[C@H]1OCc1ccccc1. The van der Waals surface area contributed by atoms with E-state index in [1.165, 1.54) is 11.8 Å². The van der Waals surface area contributed by atoms with Crippen LogP contribution in [0.25, 0.3) is 0 Å². The standard InChI is InChI=1S/C50H48O13S/c1-2-64-50-47(60-30-35-21-13-6-14-22-35)46(59-29-34-19-11-5-12-20-34)45(63-49(56)37-25-40(53)44(41(54)26-37)58-28-33-17-9-4-10-18-33)42(62-50)31-61-48(55)36-23-38(51)43(39(52)24-36)57-27-32-15-7-3-8-16-32/h3-26,42,45-47,50-54H,2,27-31H2,1H3/t42-,45-,46+,47-,50+/m1/s1. The summed E-state index contributed by atoms with van der Waals surface area (Å²) >= 11 is 1.42. The minimum absolute atomic E-state index is 0.0404. The molecule has 0 saturated carbocycles. The molecule has 1 aliphatic rings. The number of phenolic OH excluding ortho intramolecular Hbond substituents is 4. The lowest BCUT2D eigenvalue weighted by Crippen LogP contribution is -2.61. The van der Waals surface area contributed by atoms with Crippen LogP contribution in [-0.2, 0) is 50.1 Å². The quantitative estimate of drug-likeness (QED) is 0.0568. The van der Waals surface area contributed by atoms with Gasteiger partial charge in [-0.1, -0.05) is 128 Å². The first-order chi connectivity index (χ1) is 31.2. The molecule has 13 nitrogen and oxygen atoms in total. The number of benzene rings is 6. The molecule has 0 amide bonds. The molecule has 1 aliphatic heterocycles. The first kappa shape index (κ1) is 45.3. The molecule has 0 radical (unpaired) electrons. The largest absolute Gasteiger partial charge is 0.504 e. The van der Waals surface area contributed by atoms with E-state index in [0.29, 0.717) is 5.75 Å². The van der Waals surface area contributed by atoms with Gasteiger partial charge in [0.05, 0.1) is 24.3 Å². The number of ether oxygens (including phenoxy) is 7. The molecule has 4 N–H and O–H groups in total. The molecule has 6 aromatic rings. The fraction of sp³-hybridized carbons (Fsp3) is 0.240. The first-order valence-electron chi connectivity index (χ1n) is 20.6. The Kier molecular flexibility index (Phi) is 15.6. The van der Waals surface area contributed by atoms with E-state index in [1.54, 1.807) is 0 Å². The summed E-state index contributed by atoms with van der Waals surface area (Å²) in [6.45, 7) is 1.79. The van der Waals surface area contributed by atoms with E-state index in [0.717, 1.165) is 46.5 Å². The van der Waals surface area contributed by atoms with Crippen LogP contribution in [-0.4, -0.2) is 74.6 Å². The highest BCUT2D eigenvalue weighted by atomic mass is 32.2. The van der Waals surface area contributed by atoms with Gasteiger partial charge in [0.25, 0.3) is 0 Å². The van der Waals surface area contributed by atoms with Crippen LogP contribution in [0, 0.1) is 0 Å². The maximum atomic E-state index is 14.2. The minimum Gasteiger partial charge on any atom is -0.504 e. The molecular formula is C50H48O13S. The van der Waals surface area contributed by atoms with Crippen molar-refractivity contribution in [2.45, 2.75) is 63.2 Å². The summed E-state index contributed by atoms with van der Waals surface area (Å²) in [6.07, 6.45) is -4.35. The maximum Gasteiger partial charge on any atom is 0.338 e. The van der Waals surface area contributed by atoms with Crippen molar-refractivity contribution in [1.82, 2.24) is 0 Å². The van der Waals surface area contributed by atoms with Crippen molar-refractivity contribution in [3.05, 3.63) is 179 Å². The number of phenols is 4. The molecule has 64 heavy (non-hydrogen) atoms. The average molecular weight is 889 g/mol. The van der Waals surface area contributed by atoms with Gasteiger partial charge in [0.1, 0.15) is 43.6 Å². The summed E-state index contributed by atoms with van der Waals surface area (Å²) in [5, 5.41) is 43.5. The molecule has 6 aromatic carbocycles. The predicted molar refractivity (Wildman–Crippen MR) is 237 cm³/mol. The molecule has 5 atom stereocenters. The zero-order valence-electron chi connectivity index (χ0n) is 34.9. The Balaban J connectivity index is 1.17. The normalized spacial score (nSPS) is 18.2. The lowest BCUT2D eigenvalue weighted by molar-refractivity contribution is -0.237. The van der Waals surface area contributed by atoms with E-state index in [4.69, 9.17) is 33.2 Å². The van der Waals surface area contributed by atoms with E-state index < -0.39 is 71.4 Å². The predicted octanol–water partition coefficient (Wildman–Crippen LogP) is 8.70. The molecule has 0 unspecified atom stereocenters. The number of carbonyl (C=O) groups is 2. The van der Waals surface area contributed by atoms with Crippen LogP contribution < -0.4 is 9.47 Å². The molecule has 332 valence electrons. The highest BCUT2D eigenvalue weighted by Gasteiger charge is 2.50. The monoisotopic (exact) mass is 888 g/mol. The van der Waals surface area contributed by atoms with Gasteiger partial charge >= 0.3 is 11.9 Å². The number of hydrogen-bond acceptors (Lipinski definition) is 14. The van der Waals surface area contributed by atoms with Gasteiger partial charge in [0, 0.05) is 0 Å². The number of esters is 2. The molecule has 1 heterocycles. The Hall–Kier alpha value is -6.71. The third-order valence-corrected chi connectivity index (χ3v) is 11.2. The highest BCUT2D eigenvalue weighted by Crippen LogP contribution is 2.40. The number of hydrogen-bond donors (Lipinski definition) is 4. The zero-order valence-corrected chi connectivity index (χ0v) is 35.7. The fourth-order valence-electron chi connectivity index (χ4n) is 6.97. The second kappa shape index (κ2) is 22.1. The van der Waals surface area contributed by atoms with Crippen LogP contribution in [0.15, 0.2) is 146 Å². The Morgan fingerprint density at radius 2 is 0.922 bits per heavy atom. The van der Waals surface area contributed by atoms with E-state index in [2.05, 4.69) is 0 Å². The van der Waals surface area contributed by atoms with Gasteiger partial charge < -0.3 is 53.6 Å². The lowest BCUT2D eigenvalue weighted by Gasteiger charge is -2.45. The smallest absolute Gasteiger partial charge is 0.338 e. The van der Waals surface area contributed by atoms with Gasteiger partial charge in [-0.05, 0) is 52.3 Å². The molecule has 14 heteroatoms. The third kappa shape index (κ3) is 11.8. The maximum absolute atomic E-state index is 14.2. The first-order valence-corrected chi connectivity index (χ1v) is 21.6. The topological polar surface area (TPSA) is 180 Å². The van der Waals surface area contributed by atoms with Gasteiger partial charge in [-0.2, -0.15) is 0 Å². The summed E-state index contributed by atoms with van der Waals surface area (Å²) in [5.74, 6) is -3.73. The van der Waals surface area contributed by atoms with Gasteiger partial charge in [-0.25, -0.2) is 9.59 Å². The van der Waals surface area contributed by atoms with Gasteiger partial charge in [-0.3, -0.25) is 0 Å². The minimum atomic E-state index is -1.31. The highest BCUT2D eigenvalue weighted by molar-refractivity contribution is 7.99. The van der Waals surface area contributed by atoms with E-state index in [1.807, 2.05) is 128 Å². The molecule has 1 saturated heterocycles. The number of carbonyl (C=O) groups excluding carboxylic acids is 2. The van der Waals surface area contributed by atoms with E-state index in [9.17, 15) is 30.0 Å². The fourth-order valence-corrected chi connectivity index (χ4v) is 7.95. The summed E-state index contributed by atoms with van der Waals surface area (Å²) in [5.41, 5.74) is 2.16. The van der Waals surface area contributed by atoms with Crippen molar-refractivity contribution in [2.75, 3.05) is 12.4 Å². The summed E-state index contributed by atoms with van der Waals surface area (Å²) < 4.78 is 43.1. The average Bonchev–Trinajstić information content (AvgIpc) is 3.31. The zero-order chi connectivity index (χ0) is 44.8. The summed E-state index contributed by atoms with van der Waals surface area (Å²) in [7, 11) is 0. The van der Waals surface area contributed by atoms with Crippen molar-refractivity contribution in [3.63, 3.8) is 0 Å². The molecule has 1 fully saturated rings. The van der Waals surface area contributed by atoms with Crippen molar-refractivity contribution in [1.29, 1.82) is 0 Å². The van der Waals surface area contributed by atoms with Crippen LogP contribution in [0.4, 0.5) is 0 Å². The molecule has 0 spiro atoms. The van der Waals surface area contributed by atoms with E-state index >= 15 is 0 Å². The number of thioether (sulfide) groups is 1. The second-order valence-corrected chi connectivity index (χ2v) is 16.1. The second-order valence-electron chi connectivity index (χ2n) is 14.7. The van der Waals surface area contributed by atoms with Crippen LogP contribution in [0.3, 0.4) is 0 Å². The van der Waals surface area contributed by atoms with Crippen LogP contribution in [0.1, 0.15) is 49.9 Å². The summed E-state index contributed by atoms with van der Waals surface area (Å²) in [6, 6.07) is 41.6. The van der Waals surface area contributed by atoms with E-state index in [-0.39, 0.29) is 49.1 Å². The van der Waals surface area contributed by atoms with Crippen molar-refractivity contribution >= 4 is 23.7 Å². The van der Waals surface area contributed by atoms with Crippen molar-refractivity contribution in [2.24, 2.45) is 0 Å². The summed E-state index contributed by atoms with van der Waals surface area (Å²) in [4.78, 5) is 27.8. The Labute approximate surface area is 374 Å². The van der Waals surface area contributed by atoms with Crippen molar-refractivity contribution < 1.29 is 63.2 Å². The lowest BCUT2D eigenvalue weighted by atomic mass is 9.98. The van der Waals surface area contributed by atoms with Crippen LogP contribution >= 0.6 is 11.8 Å². The molecule has 7 rings (SSSR count).